The maximum Gasteiger partial charge on any atom is 0.261 e. The number of carbonyl (C=O) groups excluding carboxylic acids is 1. The number of hydrogen-bond donors (Lipinski definition) is 1. The van der Waals surface area contributed by atoms with Crippen molar-refractivity contribution in [2.45, 2.75) is 0 Å². The quantitative estimate of drug-likeness (QED) is 0.410. The zero-order chi connectivity index (χ0) is 21.1. The normalized spacial score (nSPS) is 11.5. The number of para-hydroxylation sites is 3. The van der Waals surface area contributed by atoms with E-state index in [4.69, 9.17) is 32.4 Å². The standard InChI is InChI=1S/C23H16Cl2N2O3/c1-29-21-9-5-3-7-19(21)26-22(28)16-12-14-6-2-4-8-20(14)30-23(16)27-18-11-10-15(24)13-17(18)25/h2-13H,1H3,(H,26,28). The van der Waals surface area contributed by atoms with Gasteiger partial charge in [0.25, 0.3) is 5.91 Å². The Morgan fingerprint density at radius 1 is 1.00 bits per heavy atom. The van der Waals surface area contributed by atoms with E-state index in [0.717, 1.165) is 5.39 Å². The number of carbonyl (C=O) groups is 1. The number of rotatable bonds is 4. The molecule has 30 heavy (non-hydrogen) atoms. The summed E-state index contributed by atoms with van der Waals surface area (Å²) in [6.45, 7) is 0. The number of hydrogen-bond acceptors (Lipinski definition) is 4. The van der Waals surface area contributed by atoms with Gasteiger partial charge in [-0.25, -0.2) is 4.99 Å². The van der Waals surface area contributed by atoms with Gasteiger partial charge in [0.1, 0.15) is 16.9 Å². The van der Waals surface area contributed by atoms with Crippen molar-refractivity contribution in [3.05, 3.63) is 94.0 Å². The van der Waals surface area contributed by atoms with E-state index in [9.17, 15) is 4.79 Å². The number of benzene rings is 3. The largest absolute Gasteiger partial charge is 0.495 e. The number of nitrogens with one attached hydrogen (secondary N) is 1. The molecule has 0 saturated carbocycles. The second-order valence-corrected chi connectivity index (χ2v) is 7.21. The van der Waals surface area contributed by atoms with E-state index < -0.39 is 5.91 Å². The first-order valence-corrected chi connectivity index (χ1v) is 9.78. The van der Waals surface area contributed by atoms with E-state index in [2.05, 4.69) is 10.3 Å². The van der Waals surface area contributed by atoms with E-state index in [1.165, 1.54) is 0 Å². The Hall–Kier alpha value is -3.28. The first-order valence-electron chi connectivity index (χ1n) is 9.02. The summed E-state index contributed by atoms with van der Waals surface area (Å²) >= 11 is 12.2. The minimum atomic E-state index is -0.391. The van der Waals surface area contributed by atoms with Crippen LogP contribution in [0.25, 0.3) is 11.0 Å². The molecular weight excluding hydrogens is 423 g/mol. The molecule has 150 valence electrons. The topological polar surface area (TPSA) is 63.8 Å². The highest BCUT2D eigenvalue weighted by Gasteiger charge is 2.15. The molecule has 1 amide bonds. The molecule has 4 rings (SSSR count). The SMILES string of the molecule is COc1ccccc1NC(=O)c1cc2ccccc2oc1=Nc1ccc(Cl)cc1Cl. The molecule has 3 aromatic carbocycles. The number of halogens is 2. The molecule has 7 heteroatoms. The van der Waals surface area contributed by atoms with Crippen molar-refractivity contribution in [1.29, 1.82) is 0 Å². The van der Waals surface area contributed by atoms with Crippen LogP contribution in [0.3, 0.4) is 0 Å². The smallest absolute Gasteiger partial charge is 0.261 e. The monoisotopic (exact) mass is 438 g/mol. The van der Waals surface area contributed by atoms with Gasteiger partial charge in [0.05, 0.1) is 23.5 Å². The lowest BCUT2D eigenvalue weighted by Crippen LogP contribution is -2.21. The maximum absolute atomic E-state index is 13.1. The third-order valence-electron chi connectivity index (χ3n) is 4.39. The van der Waals surface area contributed by atoms with Gasteiger partial charge >= 0.3 is 0 Å². The van der Waals surface area contributed by atoms with E-state index >= 15 is 0 Å². The average molecular weight is 439 g/mol. The Kier molecular flexibility index (Phi) is 5.74. The van der Waals surface area contributed by atoms with Gasteiger partial charge in [-0.2, -0.15) is 0 Å². The van der Waals surface area contributed by atoms with Gasteiger partial charge in [0, 0.05) is 10.4 Å². The summed E-state index contributed by atoms with van der Waals surface area (Å²) < 4.78 is 11.3. The highest BCUT2D eigenvalue weighted by Crippen LogP contribution is 2.28. The fraction of sp³-hybridized carbons (Fsp3) is 0.0435. The molecule has 1 aromatic heterocycles. The summed E-state index contributed by atoms with van der Waals surface area (Å²) in [5.74, 6) is 0.153. The number of anilines is 1. The van der Waals surface area contributed by atoms with E-state index in [1.54, 1.807) is 49.6 Å². The van der Waals surface area contributed by atoms with Crippen LogP contribution < -0.4 is 15.6 Å². The molecule has 0 aliphatic carbocycles. The molecule has 0 atom stereocenters. The number of fused-ring (bicyclic) bond motifs is 1. The Morgan fingerprint density at radius 2 is 1.77 bits per heavy atom. The summed E-state index contributed by atoms with van der Waals surface area (Å²) in [5, 5.41) is 4.46. The van der Waals surface area contributed by atoms with Crippen LogP contribution in [0.5, 0.6) is 5.75 Å². The highest BCUT2D eigenvalue weighted by molar-refractivity contribution is 6.36. The number of methoxy groups -OCH3 is 1. The van der Waals surface area contributed by atoms with Crippen LogP contribution in [-0.2, 0) is 0 Å². The van der Waals surface area contributed by atoms with E-state index in [-0.39, 0.29) is 11.1 Å². The van der Waals surface area contributed by atoms with Gasteiger partial charge in [0.15, 0.2) is 0 Å². The third-order valence-corrected chi connectivity index (χ3v) is 4.93. The van der Waals surface area contributed by atoms with Crippen LogP contribution >= 0.6 is 23.2 Å². The van der Waals surface area contributed by atoms with Gasteiger partial charge in [0.2, 0.25) is 5.55 Å². The average Bonchev–Trinajstić information content (AvgIpc) is 2.75. The first kappa shape index (κ1) is 20.0. The second kappa shape index (κ2) is 8.61. The van der Waals surface area contributed by atoms with Crippen molar-refractivity contribution >= 4 is 51.5 Å². The Morgan fingerprint density at radius 3 is 2.57 bits per heavy atom. The zero-order valence-corrected chi connectivity index (χ0v) is 17.4. The summed E-state index contributed by atoms with van der Waals surface area (Å²) in [6.07, 6.45) is 0. The van der Waals surface area contributed by atoms with Crippen molar-refractivity contribution in [3.8, 4) is 5.75 Å². The Balaban J connectivity index is 1.86. The lowest BCUT2D eigenvalue weighted by molar-refractivity contribution is 0.102. The molecular formula is C23H16Cl2N2O3. The Bertz CT molecular complexity index is 1320. The minimum absolute atomic E-state index is 0.130. The van der Waals surface area contributed by atoms with Crippen LogP contribution in [-0.4, -0.2) is 13.0 Å². The van der Waals surface area contributed by atoms with Gasteiger partial charge in [-0.3, -0.25) is 4.79 Å². The van der Waals surface area contributed by atoms with Gasteiger partial charge in [-0.1, -0.05) is 53.5 Å². The maximum atomic E-state index is 13.1. The van der Waals surface area contributed by atoms with Crippen molar-refractivity contribution in [2.75, 3.05) is 12.4 Å². The van der Waals surface area contributed by atoms with Crippen LogP contribution in [0.15, 0.2) is 82.2 Å². The number of amides is 1. The van der Waals surface area contributed by atoms with E-state index in [1.807, 2.05) is 30.3 Å². The molecule has 0 aliphatic rings. The van der Waals surface area contributed by atoms with Gasteiger partial charge in [-0.05, 0) is 42.5 Å². The molecule has 5 nitrogen and oxygen atoms in total. The molecule has 1 heterocycles. The molecule has 4 aromatic rings. The third kappa shape index (κ3) is 4.17. The van der Waals surface area contributed by atoms with E-state index in [0.29, 0.717) is 32.8 Å². The lowest BCUT2D eigenvalue weighted by atomic mass is 10.1. The van der Waals surface area contributed by atoms with Gasteiger partial charge < -0.3 is 14.5 Å². The molecule has 0 radical (unpaired) electrons. The molecule has 0 aliphatic heterocycles. The van der Waals surface area contributed by atoms with Crippen LogP contribution in [0.2, 0.25) is 10.0 Å². The van der Waals surface area contributed by atoms with Crippen LogP contribution in [0.1, 0.15) is 10.4 Å². The zero-order valence-electron chi connectivity index (χ0n) is 15.9. The summed E-state index contributed by atoms with van der Waals surface area (Å²) in [5.41, 5.74) is 1.95. The number of nitrogens with zero attached hydrogens (tertiary/aromatic N) is 1. The second-order valence-electron chi connectivity index (χ2n) is 6.36. The molecule has 0 unspecified atom stereocenters. The van der Waals surface area contributed by atoms with Crippen LogP contribution in [0, 0.1) is 0 Å². The van der Waals surface area contributed by atoms with Gasteiger partial charge in [-0.15, -0.1) is 0 Å². The highest BCUT2D eigenvalue weighted by atomic mass is 35.5. The molecule has 1 N–H and O–H groups in total. The molecule has 0 saturated heterocycles. The fourth-order valence-corrected chi connectivity index (χ4v) is 3.38. The van der Waals surface area contributed by atoms with Crippen LogP contribution in [0.4, 0.5) is 11.4 Å². The number of ether oxygens (including phenoxy) is 1. The Labute approximate surface area is 182 Å². The predicted octanol–water partition coefficient (Wildman–Crippen LogP) is 6.23. The lowest BCUT2D eigenvalue weighted by Gasteiger charge is -2.10. The summed E-state index contributed by atoms with van der Waals surface area (Å²) in [7, 11) is 1.54. The fourth-order valence-electron chi connectivity index (χ4n) is 2.93. The summed E-state index contributed by atoms with van der Waals surface area (Å²) in [4.78, 5) is 17.6. The first-order chi connectivity index (χ1) is 14.5. The summed E-state index contributed by atoms with van der Waals surface area (Å²) in [6, 6.07) is 21.2. The van der Waals surface area contributed by atoms with Crippen molar-refractivity contribution < 1.29 is 13.9 Å². The predicted molar refractivity (Wildman–Crippen MR) is 119 cm³/mol. The molecule has 0 bridgehead atoms. The van der Waals surface area contributed by atoms with Crippen molar-refractivity contribution in [3.63, 3.8) is 0 Å². The van der Waals surface area contributed by atoms with Crippen molar-refractivity contribution in [2.24, 2.45) is 4.99 Å². The molecule has 0 spiro atoms. The molecule has 0 fully saturated rings. The minimum Gasteiger partial charge on any atom is -0.495 e. The van der Waals surface area contributed by atoms with Crippen molar-refractivity contribution in [1.82, 2.24) is 0 Å².